The number of aliphatic carboxylic acids is 1. The maximum Gasteiger partial charge on any atom is 0.307 e. The summed E-state index contributed by atoms with van der Waals surface area (Å²) in [6.07, 6.45) is 8.26. The highest BCUT2D eigenvalue weighted by atomic mass is 16.5. The quantitative estimate of drug-likeness (QED) is 0.184. The molecule has 1 unspecified atom stereocenters. The fraction of sp³-hybridized carbons (Fsp3) is 0.833. The highest BCUT2D eigenvalue weighted by Crippen LogP contribution is 2.12. The van der Waals surface area contributed by atoms with Crippen LogP contribution < -0.4 is 0 Å². The van der Waals surface area contributed by atoms with Crippen molar-refractivity contribution in [1.82, 2.24) is 0 Å². The van der Waals surface area contributed by atoms with E-state index in [-0.39, 0.29) is 12.5 Å². The largest absolute Gasteiger partial charge is 0.481 e. The molecule has 0 saturated heterocycles. The summed E-state index contributed by atoms with van der Waals surface area (Å²) in [5.41, 5.74) is 6.45. The van der Waals surface area contributed by atoms with E-state index < -0.39 is 5.97 Å². The van der Waals surface area contributed by atoms with Gasteiger partial charge in [-0.05, 0) is 18.1 Å². The number of hydrogen-bond acceptors (Lipinski definition) is 4. The molecule has 0 heterocycles. The zero-order valence-electron chi connectivity index (χ0n) is 11.0. The van der Waals surface area contributed by atoms with Crippen LogP contribution in [0.15, 0.2) is 10.3 Å². The Kier molecular flexibility index (Phi) is 11.0. The van der Waals surface area contributed by atoms with Crippen molar-refractivity contribution in [3.63, 3.8) is 0 Å². The third kappa shape index (κ3) is 11.0. The molecule has 0 aromatic heterocycles. The lowest BCUT2D eigenvalue weighted by Gasteiger charge is -2.13. The Bertz CT molecular complexity index is 257. The van der Waals surface area contributed by atoms with E-state index in [1.54, 1.807) is 0 Å². The maximum atomic E-state index is 10.6. The predicted molar refractivity (Wildman–Crippen MR) is 68.8 cm³/mol. The summed E-state index contributed by atoms with van der Waals surface area (Å²) in [5, 5.41) is 14.7. The summed E-state index contributed by atoms with van der Waals surface area (Å²) in [4.78, 5) is 10.6. The molecule has 0 radical (unpaired) electrons. The van der Waals surface area contributed by atoms with Crippen molar-refractivity contribution in [3.05, 3.63) is 0 Å². The molecule has 0 aliphatic rings. The van der Waals surface area contributed by atoms with Gasteiger partial charge in [0, 0.05) is 0 Å². The number of nitrogens with one attached hydrogen (secondary N) is 1. The van der Waals surface area contributed by atoms with E-state index in [2.05, 4.69) is 17.2 Å². The Labute approximate surface area is 108 Å². The van der Waals surface area contributed by atoms with Crippen molar-refractivity contribution in [1.29, 1.82) is 5.53 Å². The molecule has 0 aliphatic heterocycles. The van der Waals surface area contributed by atoms with Gasteiger partial charge in [-0.3, -0.25) is 4.79 Å². The molecule has 0 aromatic carbocycles. The first-order valence-electron chi connectivity index (χ1n) is 6.46. The van der Waals surface area contributed by atoms with E-state index in [4.69, 9.17) is 15.4 Å². The second kappa shape index (κ2) is 12.0. The Hall–Kier alpha value is -1.46. The number of carboxylic acid groups (broad SMARTS) is 1. The Morgan fingerprint density at radius 1 is 1.33 bits per heavy atom. The third-order valence-corrected chi connectivity index (χ3v) is 2.64. The number of carboxylic acids is 1. The summed E-state index contributed by atoms with van der Waals surface area (Å²) in [7, 11) is 0. The minimum atomic E-state index is -0.887. The number of hydrogen-bond donors (Lipinski definition) is 2. The van der Waals surface area contributed by atoms with Crippen molar-refractivity contribution in [2.75, 3.05) is 0 Å². The number of nitrogens with zero attached hydrogens (tertiary/aromatic N) is 2. The van der Waals surface area contributed by atoms with Gasteiger partial charge < -0.3 is 9.84 Å². The van der Waals surface area contributed by atoms with Crippen LogP contribution in [0.1, 0.15) is 58.3 Å². The van der Waals surface area contributed by atoms with Crippen molar-refractivity contribution in [3.8, 4) is 0 Å². The standard InChI is InChI=1S/C12H23N3O3/c1-2-3-4-5-6-7-8-11(9-12(16)17)18-10-14-15-13/h10-11,13H,2-9H2,1H3,(H,16,17)/b14-10+,15-13?. The summed E-state index contributed by atoms with van der Waals surface area (Å²) in [6.45, 7) is 2.17. The molecule has 18 heavy (non-hydrogen) atoms. The molecule has 6 nitrogen and oxygen atoms in total. The fourth-order valence-corrected chi connectivity index (χ4v) is 1.70. The van der Waals surface area contributed by atoms with Gasteiger partial charge in [-0.1, -0.05) is 39.0 Å². The van der Waals surface area contributed by atoms with Crippen molar-refractivity contribution >= 4 is 12.4 Å². The third-order valence-electron chi connectivity index (χ3n) is 2.64. The monoisotopic (exact) mass is 257 g/mol. The van der Waals surface area contributed by atoms with E-state index in [9.17, 15) is 4.79 Å². The second-order valence-corrected chi connectivity index (χ2v) is 4.23. The fourth-order valence-electron chi connectivity index (χ4n) is 1.70. The van der Waals surface area contributed by atoms with Crippen LogP contribution in [0.4, 0.5) is 0 Å². The average molecular weight is 257 g/mol. The first-order valence-corrected chi connectivity index (χ1v) is 6.46. The highest BCUT2D eigenvalue weighted by Gasteiger charge is 2.13. The van der Waals surface area contributed by atoms with Crippen LogP contribution in [0, 0.1) is 5.53 Å². The molecule has 0 rings (SSSR count). The smallest absolute Gasteiger partial charge is 0.307 e. The topological polar surface area (TPSA) is 95.1 Å². The van der Waals surface area contributed by atoms with Crippen molar-refractivity contribution in [2.24, 2.45) is 10.3 Å². The Morgan fingerprint density at radius 3 is 2.61 bits per heavy atom. The molecule has 0 spiro atoms. The normalized spacial score (nSPS) is 12.5. The number of unbranched alkanes of at least 4 members (excludes halogenated alkanes) is 5. The van der Waals surface area contributed by atoms with Crippen LogP contribution in [0.2, 0.25) is 0 Å². The van der Waals surface area contributed by atoms with Gasteiger partial charge in [0.15, 0.2) is 6.40 Å². The van der Waals surface area contributed by atoms with Crippen LogP contribution in [0.25, 0.3) is 0 Å². The molecule has 2 N–H and O–H groups in total. The lowest BCUT2D eigenvalue weighted by Crippen LogP contribution is -2.17. The molecule has 6 heteroatoms. The summed E-state index contributed by atoms with van der Waals surface area (Å²) in [6, 6.07) is 0. The predicted octanol–water partition coefficient (Wildman–Crippen LogP) is 3.57. The van der Waals surface area contributed by atoms with Crippen LogP contribution in [-0.2, 0) is 9.53 Å². The van der Waals surface area contributed by atoms with Crippen LogP contribution in [0.5, 0.6) is 0 Å². The number of rotatable bonds is 12. The highest BCUT2D eigenvalue weighted by molar-refractivity contribution is 5.67. The molecular formula is C12H23N3O3. The molecule has 0 aliphatic carbocycles. The molecule has 0 fully saturated rings. The summed E-state index contributed by atoms with van der Waals surface area (Å²) >= 11 is 0. The van der Waals surface area contributed by atoms with Gasteiger partial charge in [-0.2, -0.15) is 5.53 Å². The maximum absolute atomic E-state index is 10.6. The van der Waals surface area contributed by atoms with Crippen LogP contribution in [-0.4, -0.2) is 23.6 Å². The SMILES string of the molecule is CCCCCCCCC(CC(=O)O)O/C=N/N=N. The second-order valence-electron chi connectivity index (χ2n) is 4.23. The molecule has 104 valence electrons. The van der Waals surface area contributed by atoms with Gasteiger partial charge in [0.25, 0.3) is 0 Å². The van der Waals surface area contributed by atoms with E-state index in [0.717, 1.165) is 19.2 Å². The molecule has 0 saturated carbocycles. The summed E-state index contributed by atoms with van der Waals surface area (Å²) in [5.74, 6) is -0.887. The van der Waals surface area contributed by atoms with E-state index >= 15 is 0 Å². The minimum absolute atomic E-state index is 0.0427. The van der Waals surface area contributed by atoms with Gasteiger partial charge in [0.1, 0.15) is 6.10 Å². The van der Waals surface area contributed by atoms with E-state index in [1.165, 1.54) is 25.7 Å². The van der Waals surface area contributed by atoms with Crippen molar-refractivity contribution < 1.29 is 14.6 Å². The lowest BCUT2D eigenvalue weighted by atomic mass is 10.1. The first kappa shape index (κ1) is 16.5. The zero-order valence-corrected chi connectivity index (χ0v) is 11.0. The van der Waals surface area contributed by atoms with Gasteiger partial charge in [0.05, 0.1) is 6.42 Å². The summed E-state index contributed by atoms with van der Waals surface area (Å²) < 4.78 is 5.13. The molecule has 0 bridgehead atoms. The Balaban J connectivity index is 3.75. The minimum Gasteiger partial charge on any atom is -0.481 e. The first-order chi connectivity index (χ1) is 8.70. The Morgan fingerprint density at radius 2 is 2.00 bits per heavy atom. The van der Waals surface area contributed by atoms with Gasteiger partial charge in [-0.15, -0.1) is 5.10 Å². The zero-order chi connectivity index (χ0) is 13.6. The van der Waals surface area contributed by atoms with Crippen molar-refractivity contribution in [2.45, 2.75) is 64.4 Å². The van der Waals surface area contributed by atoms with Gasteiger partial charge >= 0.3 is 5.97 Å². The van der Waals surface area contributed by atoms with E-state index in [0.29, 0.717) is 6.42 Å². The van der Waals surface area contributed by atoms with E-state index in [1.807, 2.05) is 0 Å². The van der Waals surface area contributed by atoms with Crippen LogP contribution in [0.3, 0.4) is 0 Å². The number of ether oxygens (including phenoxy) is 1. The molecule has 0 aromatic rings. The lowest BCUT2D eigenvalue weighted by molar-refractivity contribution is -0.139. The molecular weight excluding hydrogens is 234 g/mol. The van der Waals surface area contributed by atoms with Crippen LogP contribution >= 0.6 is 0 Å². The van der Waals surface area contributed by atoms with Gasteiger partial charge in [-0.25, -0.2) is 0 Å². The van der Waals surface area contributed by atoms with Gasteiger partial charge in [0.2, 0.25) is 0 Å². The number of carbonyl (C=O) groups is 1. The molecule has 0 amide bonds. The average Bonchev–Trinajstić information content (AvgIpc) is 2.33. The molecule has 1 atom stereocenters.